The maximum Gasteiger partial charge on any atom is 0.326 e. The van der Waals surface area contributed by atoms with Crippen molar-refractivity contribution in [1.82, 2.24) is 5.32 Å². The Labute approximate surface area is 236 Å². The second-order valence-corrected chi connectivity index (χ2v) is 12.9. The highest BCUT2D eigenvalue weighted by molar-refractivity contribution is 5.96. The quantitative estimate of drug-likeness (QED) is 0.411. The molecule has 3 fully saturated rings. The number of carbonyl (C=O) groups is 3. The average Bonchev–Trinajstić information content (AvgIpc) is 3.20. The Morgan fingerprint density at radius 1 is 1.05 bits per heavy atom. The van der Waals surface area contributed by atoms with Gasteiger partial charge in [-0.05, 0) is 93.1 Å². The highest BCUT2D eigenvalue weighted by atomic mass is 16.6. The van der Waals surface area contributed by atoms with Crippen molar-refractivity contribution < 1.29 is 29.4 Å². The molecule has 0 aromatic heterocycles. The SMILES string of the molecule is CC(=O)[C@@]1(O)CC[C@@H]2[C@@H]3CCC4=C/C(=N/OCC(=O)N[C@H](Cc5ccccc5)C(=O)O)CC[C@]4(C)[C@H]3CC[C@@]21C. The molecule has 0 spiro atoms. The van der Waals surface area contributed by atoms with Gasteiger partial charge in [-0.25, -0.2) is 4.79 Å². The zero-order valence-electron chi connectivity index (χ0n) is 23.8. The number of nitrogens with one attached hydrogen (secondary N) is 1. The number of carboxylic acid groups (broad SMARTS) is 1. The summed E-state index contributed by atoms with van der Waals surface area (Å²) in [5.74, 6) is -0.306. The highest BCUT2D eigenvalue weighted by Crippen LogP contribution is 2.67. The van der Waals surface area contributed by atoms with E-state index in [0.29, 0.717) is 24.2 Å². The summed E-state index contributed by atoms with van der Waals surface area (Å²) in [7, 11) is 0. The zero-order chi connectivity index (χ0) is 28.7. The summed E-state index contributed by atoms with van der Waals surface area (Å²) in [5, 5.41) is 27.7. The molecule has 0 saturated heterocycles. The summed E-state index contributed by atoms with van der Waals surface area (Å²) < 4.78 is 0. The molecule has 8 nitrogen and oxygen atoms in total. The van der Waals surface area contributed by atoms with Crippen molar-refractivity contribution in [3.8, 4) is 0 Å². The first-order valence-electron chi connectivity index (χ1n) is 14.7. The number of rotatable bonds is 8. The van der Waals surface area contributed by atoms with E-state index in [1.807, 2.05) is 30.3 Å². The summed E-state index contributed by atoms with van der Waals surface area (Å²) in [6, 6.07) is 8.14. The van der Waals surface area contributed by atoms with Crippen molar-refractivity contribution in [1.29, 1.82) is 0 Å². The van der Waals surface area contributed by atoms with Gasteiger partial charge in [0.1, 0.15) is 11.6 Å². The molecule has 8 heteroatoms. The minimum Gasteiger partial charge on any atom is -0.480 e. The van der Waals surface area contributed by atoms with Crippen molar-refractivity contribution in [3.63, 3.8) is 0 Å². The molecule has 1 amide bonds. The molecule has 40 heavy (non-hydrogen) atoms. The number of hydrogen-bond donors (Lipinski definition) is 3. The standard InChI is InChI=1S/C32H42N2O6/c1-20(35)32(39)16-13-26-24-10-9-22-18-23(11-14-30(22,2)25(24)12-15-31(26,32)3)34-40-19-28(36)33-27(29(37)38)17-21-7-5-4-6-8-21/h4-8,18,24-27,39H,9-17,19H2,1-3H3,(H,33,36)(H,37,38)/b34-23+/t24-,25+,26-,27-,30+,31+,32+/m1/s1. The van der Waals surface area contributed by atoms with Crippen molar-refractivity contribution in [3.05, 3.63) is 47.5 Å². The summed E-state index contributed by atoms with van der Waals surface area (Å²) >= 11 is 0. The molecular formula is C32H42N2O6. The van der Waals surface area contributed by atoms with E-state index in [1.165, 1.54) is 5.57 Å². The van der Waals surface area contributed by atoms with Crippen LogP contribution in [0.3, 0.4) is 0 Å². The number of Topliss-reactive ketones (excluding diaryl/α,β-unsaturated/α-hetero) is 1. The Morgan fingerprint density at radius 3 is 2.48 bits per heavy atom. The first-order valence-corrected chi connectivity index (χ1v) is 14.7. The third-order valence-corrected chi connectivity index (χ3v) is 11.0. The second-order valence-electron chi connectivity index (χ2n) is 12.9. The van der Waals surface area contributed by atoms with Crippen molar-refractivity contribution >= 4 is 23.4 Å². The van der Waals surface area contributed by atoms with E-state index >= 15 is 0 Å². The van der Waals surface area contributed by atoms with Crippen LogP contribution in [0, 0.1) is 28.6 Å². The van der Waals surface area contributed by atoms with Crippen LogP contribution in [0.2, 0.25) is 0 Å². The van der Waals surface area contributed by atoms with Crippen molar-refractivity contribution in [2.24, 2.45) is 33.7 Å². The number of allylic oxidation sites excluding steroid dienone is 2. The maximum atomic E-state index is 12.5. The monoisotopic (exact) mass is 550 g/mol. The molecule has 0 bridgehead atoms. The van der Waals surface area contributed by atoms with Gasteiger partial charge in [-0.15, -0.1) is 0 Å². The van der Waals surface area contributed by atoms with Gasteiger partial charge in [0.15, 0.2) is 12.4 Å². The predicted octanol–water partition coefficient (Wildman–Crippen LogP) is 4.45. The summed E-state index contributed by atoms with van der Waals surface area (Å²) in [4.78, 5) is 41.9. The van der Waals surface area contributed by atoms with E-state index in [4.69, 9.17) is 4.84 Å². The number of aliphatic carboxylic acids is 1. The number of carboxylic acids is 1. The summed E-state index contributed by atoms with van der Waals surface area (Å²) in [6.45, 7) is 5.72. The molecule has 0 aliphatic heterocycles. The van der Waals surface area contributed by atoms with E-state index < -0.39 is 23.5 Å². The van der Waals surface area contributed by atoms with Gasteiger partial charge in [-0.2, -0.15) is 0 Å². The number of carbonyl (C=O) groups excluding carboxylic acids is 2. The lowest BCUT2D eigenvalue weighted by atomic mass is 9.46. The fourth-order valence-corrected chi connectivity index (χ4v) is 8.70. The predicted molar refractivity (Wildman–Crippen MR) is 150 cm³/mol. The van der Waals surface area contributed by atoms with Gasteiger partial charge in [-0.3, -0.25) is 9.59 Å². The molecule has 0 radical (unpaired) electrons. The Hall–Kier alpha value is -3.00. The van der Waals surface area contributed by atoms with Gasteiger partial charge in [0.2, 0.25) is 0 Å². The molecule has 4 aliphatic carbocycles. The minimum atomic E-state index is -1.19. The smallest absolute Gasteiger partial charge is 0.326 e. The first kappa shape index (κ1) is 28.5. The number of ketones is 1. The number of aliphatic hydroxyl groups is 1. The van der Waals surface area contributed by atoms with Crippen LogP contribution in [0.25, 0.3) is 0 Å². The molecule has 0 unspecified atom stereocenters. The molecule has 1 aromatic carbocycles. The largest absolute Gasteiger partial charge is 0.480 e. The Bertz CT molecular complexity index is 1230. The molecule has 3 N–H and O–H groups in total. The molecule has 0 heterocycles. The average molecular weight is 551 g/mol. The fraction of sp³-hybridized carbons (Fsp3) is 0.625. The maximum absolute atomic E-state index is 12.5. The number of hydrogen-bond acceptors (Lipinski definition) is 6. The molecule has 1 aromatic rings. The van der Waals surface area contributed by atoms with Gasteiger partial charge in [0.25, 0.3) is 5.91 Å². The van der Waals surface area contributed by atoms with Gasteiger partial charge in [0.05, 0.1) is 5.71 Å². The molecule has 216 valence electrons. The van der Waals surface area contributed by atoms with Crippen LogP contribution in [-0.4, -0.2) is 51.8 Å². The molecule has 5 rings (SSSR count). The third-order valence-electron chi connectivity index (χ3n) is 11.0. The van der Waals surface area contributed by atoms with Crippen LogP contribution < -0.4 is 5.32 Å². The normalized spacial score (nSPS) is 36.5. The van der Waals surface area contributed by atoms with E-state index in [9.17, 15) is 24.6 Å². The number of nitrogens with zero attached hydrogens (tertiary/aromatic N) is 1. The van der Waals surface area contributed by atoms with Crippen molar-refractivity contribution in [2.75, 3.05) is 6.61 Å². The third kappa shape index (κ3) is 4.89. The first-order chi connectivity index (χ1) is 19.0. The van der Waals surface area contributed by atoms with Crippen LogP contribution in [0.4, 0.5) is 0 Å². The Balaban J connectivity index is 1.20. The topological polar surface area (TPSA) is 125 Å². The van der Waals surface area contributed by atoms with Gasteiger partial charge < -0.3 is 20.4 Å². The lowest BCUT2D eigenvalue weighted by molar-refractivity contribution is -0.159. The van der Waals surface area contributed by atoms with E-state index in [0.717, 1.165) is 56.2 Å². The molecule has 4 aliphatic rings. The van der Waals surface area contributed by atoms with Crippen molar-refractivity contribution in [2.45, 2.75) is 90.2 Å². The van der Waals surface area contributed by atoms with Crippen LogP contribution in [0.15, 0.2) is 47.1 Å². The number of amides is 1. The van der Waals surface area contributed by atoms with E-state index in [-0.39, 0.29) is 29.6 Å². The van der Waals surface area contributed by atoms with Crippen LogP contribution >= 0.6 is 0 Å². The minimum absolute atomic E-state index is 0.0592. The van der Waals surface area contributed by atoms with Crippen LogP contribution in [-0.2, 0) is 25.6 Å². The lowest BCUT2D eigenvalue weighted by Gasteiger charge is -2.59. The molecule has 7 atom stereocenters. The number of oxime groups is 1. The van der Waals surface area contributed by atoms with Gasteiger partial charge in [-0.1, -0.05) is 54.9 Å². The fourth-order valence-electron chi connectivity index (χ4n) is 8.70. The van der Waals surface area contributed by atoms with Crippen LogP contribution in [0.1, 0.15) is 77.7 Å². The van der Waals surface area contributed by atoms with Gasteiger partial charge in [0, 0.05) is 11.8 Å². The number of benzene rings is 1. The Kier molecular flexibility index (Phi) is 7.68. The van der Waals surface area contributed by atoms with Crippen LogP contribution in [0.5, 0.6) is 0 Å². The highest BCUT2D eigenvalue weighted by Gasteiger charge is 2.65. The summed E-state index contributed by atoms with van der Waals surface area (Å²) in [5.41, 5.74) is 1.54. The lowest BCUT2D eigenvalue weighted by Crippen LogP contribution is -2.57. The number of fused-ring (bicyclic) bond motifs is 5. The second kappa shape index (κ2) is 10.8. The van der Waals surface area contributed by atoms with E-state index in [1.54, 1.807) is 6.92 Å². The van der Waals surface area contributed by atoms with E-state index in [2.05, 4.69) is 30.4 Å². The zero-order valence-corrected chi connectivity index (χ0v) is 23.8. The molecular weight excluding hydrogens is 508 g/mol. The Morgan fingerprint density at radius 2 is 1.77 bits per heavy atom. The van der Waals surface area contributed by atoms with Gasteiger partial charge >= 0.3 is 5.97 Å². The summed E-state index contributed by atoms with van der Waals surface area (Å²) in [6.07, 6.45) is 9.42. The molecule has 3 saturated carbocycles.